The fourth-order valence-corrected chi connectivity index (χ4v) is 0.779. The minimum Gasteiger partial charge on any atom is -0.356 e. The number of amides is 1. The van der Waals surface area contributed by atoms with Crippen LogP contribution >= 0.6 is 0 Å². The molecule has 2 nitrogen and oxygen atoms in total. The fraction of sp³-hybridized carbons (Fsp3) is 0.900. The van der Waals surface area contributed by atoms with E-state index < -0.39 is 0 Å². The number of hydrogen-bond donors (Lipinski definition) is 1. The van der Waals surface area contributed by atoms with Gasteiger partial charge in [0.15, 0.2) is 0 Å². The van der Waals surface area contributed by atoms with Crippen LogP contribution in [0.4, 0.5) is 0 Å². The highest BCUT2D eigenvalue weighted by Gasteiger charge is 2.10. The number of carbonyl (C=O) groups is 1. The molecule has 2 heteroatoms. The van der Waals surface area contributed by atoms with E-state index in [0.29, 0.717) is 5.92 Å². The second-order valence-corrected chi connectivity index (χ2v) is 3.57. The molecular weight excluding hydrogens is 150 g/mol. The van der Waals surface area contributed by atoms with Crippen LogP contribution in [0.15, 0.2) is 0 Å². The summed E-state index contributed by atoms with van der Waals surface area (Å²) in [5, 5.41) is 2.95. The lowest BCUT2D eigenvalue weighted by Gasteiger charge is -2.13. The normalized spacial score (nSPS) is 15.3. The molecule has 0 fully saturated rings. The molecule has 0 radical (unpaired) electrons. The van der Waals surface area contributed by atoms with Crippen LogP contribution < -0.4 is 5.32 Å². The summed E-state index contributed by atoms with van der Waals surface area (Å²) in [4.78, 5) is 11.3. The van der Waals surface area contributed by atoms with Gasteiger partial charge in [-0.1, -0.05) is 34.1 Å². The van der Waals surface area contributed by atoms with E-state index in [9.17, 15) is 4.79 Å². The molecule has 2 atom stereocenters. The van der Waals surface area contributed by atoms with Crippen LogP contribution in [0, 0.1) is 11.8 Å². The average molecular weight is 171 g/mol. The molecule has 0 aromatic carbocycles. The van der Waals surface area contributed by atoms with Crippen LogP contribution in [-0.2, 0) is 4.79 Å². The Kier molecular flexibility index (Phi) is 5.77. The molecule has 12 heavy (non-hydrogen) atoms. The van der Waals surface area contributed by atoms with Crippen molar-refractivity contribution < 1.29 is 4.79 Å². The first kappa shape index (κ1) is 11.5. The summed E-state index contributed by atoms with van der Waals surface area (Å²) in [5.74, 6) is 0.949. The van der Waals surface area contributed by atoms with Gasteiger partial charge < -0.3 is 5.32 Å². The predicted molar refractivity (Wildman–Crippen MR) is 51.9 cm³/mol. The summed E-state index contributed by atoms with van der Waals surface area (Å²) < 4.78 is 0. The summed E-state index contributed by atoms with van der Waals surface area (Å²) >= 11 is 0. The van der Waals surface area contributed by atoms with Gasteiger partial charge in [0.05, 0.1) is 0 Å². The Hall–Kier alpha value is -0.530. The first-order valence-electron chi connectivity index (χ1n) is 4.89. The smallest absolute Gasteiger partial charge is 0.222 e. The van der Waals surface area contributed by atoms with E-state index in [2.05, 4.69) is 19.2 Å². The van der Waals surface area contributed by atoms with Gasteiger partial charge >= 0.3 is 0 Å². The summed E-state index contributed by atoms with van der Waals surface area (Å²) in [5.41, 5.74) is 0. The lowest BCUT2D eigenvalue weighted by atomic mass is 10.1. The minimum atomic E-state index is 0.161. The van der Waals surface area contributed by atoms with Crippen LogP contribution in [0.1, 0.15) is 40.5 Å². The highest BCUT2D eigenvalue weighted by atomic mass is 16.1. The number of hydrogen-bond acceptors (Lipinski definition) is 1. The van der Waals surface area contributed by atoms with Crippen molar-refractivity contribution in [1.82, 2.24) is 5.32 Å². The molecule has 0 aliphatic carbocycles. The van der Waals surface area contributed by atoms with Gasteiger partial charge in [-0.25, -0.2) is 0 Å². The van der Waals surface area contributed by atoms with E-state index in [4.69, 9.17) is 0 Å². The van der Waals surface area contributed by atoms with Gasteiger partial charge in [0.25, 0.3) is 0 Å². The van der Waals surface area contributed by atoms with Crippen molar-refractivity contribution in [3.8, 4) is 0 Å². The Bertz CT molecular complexity index is 134. The molecule has 0 rings (SSSR count). The van der Waals surface area contributed by atoms with Crippen molar-refractivity contribution in [2.45, 2.75) is 40.5 Å². The second-order valence-electron chi connectivity index (χ2n) is 3.57. The molecule has 72 valence electrons. The Morgan fingerprint density at radius 1 is 1.25 bits per heavy atom. The molecule has 0 aliphatic rings. The average Bonchev–Trinajstić information content (AvgIpc) is 2.11. The van der Waals surface area contributed by atoms with Crippen LogP contribution in [0.25, 0.3) is 0 Å². The number of rotatable bonds is 5. The van der Waals surface area contributed by atoms with E-state index >= 15 is 0 Å². The third kappa shape index (κ3) is 4.37. The topological polar surface area (TPSA) is 29.1 Å². The van der Waals surface area contributed by atoms with Gasteiger partial charge in [-0.05, 0) is 12.3 Å². The summed E-state index contributed by atoms with van der Waals surface area (Å²) in [6.07, 6.45) is 2.05. The molecule has 0 unspecified atom stereocenters. The van der Waals surface area contributed by atoms with E-state index in [1.165, 1.54) is 0 Å². The number of carbonyl (C=O) groups excluding carboxylic acids is 1. The zero-order valence-corrected chi connectivity index (χ0v) is 8.68. The molecule has 0 spiro atoms. The van der Waals surface area contributed by atoms with Crippen molar-refractivity contribution in [2.75, 3.05) is 6.54 Å². The second kappa shape index (κ2) is 6.04. The Morgan fingerprint density at radius 2 is 1.83 bits per heavy atom. The Labute approximate surface area is 75.7 Å². The summed E-state index contributed by atoms with van der Waals surface area (Å²) in [6.45, 7) is 9.11. The van der Waals surface area contributed by atoms with Gasteiger partial charge in [0, 0.05) is 12.5 Å². The van der Waals surface area contributed by atoms with E-state index in [-0.39, 0.29) is 11.8 Å². The van der Waals surface area contributed by atoms with Crippen molar-refractivity contribution in [3.05, 3.63) is 0 Å². The molecule has 0 aromatic rings. The van der Waals surface area contributed by atoms with Crippen molar-refractivity contribution >= 4 is 5.91 Å². The van der Waals surface area contributed by atoms with Crippen LogP contribution in [0.3, 0.4) is 0 Å². The molecule has 1 amide bonds. The molecular formula is C10H21NO. The summed E-state index contributed by atoms with van der Waals surface area (Å²) in [6, 6.07) is 0. The maximum absolute atomic E-state index is 11.3. The highest BCUT2D eigenvalue weighted by molar-refractivity contribution is 5.78. The fourth-order valence-electron chi connectivity index (χ4n) is 0.779. The molecule has 1 N–H and O–H groups in total. The van der Waals surface area contributed by atoms with E-state index in [1.807, 2.05) is 13.8 Å². The van der Waals surface area contributed by atoms with Crippen molar-refractivity contribution in [2.24, 2.45) is 11.8 Å². The zero-order valence-electron chi connectivity index (χ0n) is 8.68. The van der Waals surface area contributed by atoms with Crippen LogP contribution in [0.2, 0.25) is 0 Å². The molecule has 0 heterocycles. The molecule has 0 aromatic heterocycles. The quantitative estimate of drug-likeness (QED) is 0.675. The highest BCUT2D eigenvalue weighted by Crippen LogP contribution is 2.02. The maximum atomic E-state index is 11.3. The zero-order chi connectivity index (χ0) is 9.56. The lowest BCUT2D eigenvalue weighted by Crippen LogP contribution is -2.32. The molecule has 0 saturated carbocycles. The SMILES string of the molecule is CC[C@H](C)CNC(=O)[C@@H](C)CC. The first-order chi connectivity index (χ1) is 5.61. The van der Waals surface area contributed by atoms with Crippen LogP contribution in [0.5, 0.6) is 0 Å². The van der Waals surface area contributed by atoms with Gasteiger partial charge in [-0.15, -0.1) is 0 Å². The van der Waals surface area contributed by atoms with Crippen molar-refractivity contribution in [3.63, 3.8) is 0 Å². The van der Waals surface area contributed by atoms with Gasteiger partial charge in [0.1, 0.15) is 0 Å². The maximum Gasteiger partial charge on any atom is 0.222 e. The third-order valence-corrected chi connectivity index (χ3v) is 2.38. The van der Waals surface area contributed by atoms with Gasteiger partial charge in [-0.2, -0.15) is 0 Å². The predicted octanol–water partition coefficient (Wildman–Crippen LogP) is 2.19. The number of nitrogens with one attached hydrogen (secondary N) is 1. The third-order valence-electron chi connectivity index (χ3n) is 2.38. The van der Waals surface area contributed by atoms with Gasteiger partial charge in [0.2, 0.25) is 5.91 Å². The van der Waals surface area contributed by atoms with Crippen LogP contribution in [-0.4, -0.2) is 12.5 Å². The Morgan fingerprint density at radius 3 is 2.25 bits per heavy atom. The lowest BCUT2D eigenvalue weighted by molar-refractivity contribution is -0.124. The first-order valence-corrected chi connectivity index (χ1v) is 4.89. The van der Waals surface area contributed by atoms with E-state index in [1.54, 1.807) is 0 Å². The van der Waals surface area contributed by atoms with Gasteiger partial charge in [-0.3, -0.25) is 4.79 Å². The molecule has 0 bridgehead atoms. The minimum absolute atomic E-state index is 0.161. The Balaban J connectivity index is 3.56. The van der Waals surface area contributed by atoms with E-state index in [0.717, 1.165) is 19.4 Å². The van der Waals surface area contributed by atoms with Crippen molar-refractivity contribution in [1.29, 1.82) is 0 Å². The summed E-state index contributed by atoms with van der Waals surface area (Å²) in [7, 11) is 0. The standard InChI is InChI=1S/C10H21NO/c1-5-8(3)7-11-10(12)9(4)6-2/h8-9H,5-7H2,1-4H3,(H,11,12)/t8-,9-/m0/s1. The molecule has 0 saturated heterocycles. The monoisotopic (exact) mass is 171 g/mol. The largest absolute Gasteiger partial charge is 0.356 e. The molecule has 0 aliphatic heterocycles.